The Labute approximate surface area is 132 Å². The molecule has 1 aliphatic carbocycles. The van der Waals surface area contributed by atoms with Crippen LogP contribution in [0.5, 0.6) is 0 Å². The number of rotatable bonds is 5. The summed E-state index contributed by atoms with van der Waals surface area (Å²) in [5.41, 5.74) is 2.38. The van der Waals surface area contributed by atoms with Gasteiger partial charge in [-0.15, -0.1) is 11.3 Å². The molecule has 4 rings (SSSR count). The zero-order chi connectivity index (χ0) is 14.9. The molecule has 7 heteroatoms. The summed E-state index contributed by atoms with van der Waals surface area (Å²) in [5, 5.41) is 8.92. The maximum Gasteiger partial charge on any atom is 0.227 e. The molecular weight excluding hydrogens is 298 g/mol. The molecule has 0 radical (unpaired) electrons. The normalized spacial score (nSPS) is 14.6. The summed E-state index contributed by atoms with van der Waals surface area (Å²) in [6.07, 6.45) is 7.41. The zero-order valence-corrected chi connectivity index (χ0v) is 13.4. The Morgan fingerprint density at radius 2 is 2.27 bits per heavy atom. The van der Waals surface area contributed by atoms with E-state index in [1.807, 2.05) is 15.9 Å². The van der Waals surface area contributed by atoms with Crippen molar-refractivity contribution in [3.05, 3.63) is 16.8 Å². The van der Waals surface area contributed by atoms with Gasteiger partial charge in [-0.05, 0) is 37.7 Å². The Morgan fingerprint density at radius 3 is 3.18 bits per heavy atom. The number of aryl methyl sites for hydroxylation is 2. The van der Waals surface area contributed by atoms with Crippen LogP contribution in [0, 0.1) is 0 Å². The molecule has 0 spiro atoms. The molecule has 0 atom stereocenters. The van der Waals surface area contributed by atoms with Gasteiger partial charge in [0.15, 0.2) is 5.65 Å². The van der Waals surface area contributed by atoms with Gasteiger partial charge in [0.25, 0.3) is 0 Å². The first-order valence-electron chi connectivity index (χ1n) is 7.75. The first-order chi connectivity index (χ1) is 10.9. The van der Waals surface area contributed by atoms with E-state index in [9.17, 15) is 0 Å². The third-order valence-corrected chi connectivity index (χ3v) is 5.33. The smallest absolute Gasteiger partial charge is 0.227 e. The number of thiophene rings is 1. The van der Waals surface area contributed by atoms with Gasteiger partial charge in [-0.3, -0.25) is 0 Å². The lowest BCUT2D eigenvalue weighted by atomic mass is 9.97. The molecule has 1 N–H and O–H groups in total. The van der Waals surface area contributed by atoms with Crippen molar-refractivity contribution in [2.45, 2.75) is 32.1 Å². The van der Waals surface area contributed by atoms with Crippen molar-refractivity contribution in [1.29, 1.82) is 0 Å². The van der Waals surface area contributed by atoms with E-state index in [0.29, 0.717) is 0 Å². The molecule has 116 valence electrons. The van der Waals surface area contributed by atoms with Crippen LogP contribution in [0.15, 0.2) is 6.33 Å². The minimum atomic E-state index is 0.739. The summed E-state index contributed by atoms with van der Waals surface area (Å²) < 4.78 is 6.91. The van der Waals surface area contributed by atoms with Gasteiger partial charge in [0.1, 0.15) is 11.2 Å². The van der Waals surface area contributed by atoms with Gasteiger partial charge >= 0.3 is 0 Å². The summed E-state index contributed by atoms with van der Waals surface area (Å²) in [6, 6.07) is 0. The molecule has 22 heavy (non-hydrogen) atoms. The van der Waals surface area contributed by atoms with Gasteiger partial charge in [-0.1, -0.05) is 0 Å². The Hall–Kier alpha value is -1.73. The lowest BCUT2D eigenvalue weighted by Crippen LogP contribution is -2.10. The SMILES string of the molecule is COCCCNc1nc2sc3c(c2c2ncnn12)CCCC3. The minimum Gasteiger partial charge on any atom is -0.385 e. The molecule has 0 saturated heterocycles. The Kier molecular flexibility index (Phi) is 3.67. The van der Waals surface area contributed by atoms with Crippen LogP contribution in [0.1, 0.15) is 29.7 Å². The minimum absolute atomic E-state index is 0.739. The number of methoxy groups -OCH3 is 1. The molecule has 3 heterocycles. The van der Waals surface area contributed by atoms with Crippen LogP contribution in [0.2, 0.25) is 0 Å². The number of aromatic nitrogens is 4. The first kappa shape index (κ1) is 13.9. The lowest BCUT2D eigenvalue weighted by Gasteiger charge is -2.11. The maximum atomic E-state index is 5.08. The molecular formula is C15H19N5OS. The maximum absolute atomic E-state index is 5.08. The average molecular weight is 317 g/mol. The van der Waals surface area contributed by atoms with E-state index in [2.05, 4.69) is 15.4 Å². The lowest BCUT2D eigenvalue weighted by molar-refractivity contribution is 0.197. The molecule has 0 bridgehead atoms. The van der Waals surface area contributed by atoms with E-state index in [4.69, 9.17) is 9.72 Å². The van der Waals surface area contributed by atoms with Gasteiger partial charge in [0.05, 0.1) is 5.39 Å². The summed E-state index contributed by atoms with van der Waals surface area (Å²) >= 11 is 1.82. The van der Waals surface area contributed by atoms with Gasteiger partial charge in [-0.2, -0.15) is 9.61 Å². The topological polar surface area (TPSA) is 64.3 Å². The van der Waals surface area contributed by atoms with Crippen molar-refractivity contribution in [2.75, 3.05) is 25.6 Å². The first-order valence-corrected chi connectivity index (χ1v) is 8.57. The van der Waals surface area contributed by atoms with Crippen molar-refractivity contribution >= 4 is 33.1 Å². The van der Waals surface area contributed by atoms with Crippen LogP contribution in [0.4, 0.5) is 5.95 Å². The second-order valence-corrected chi connectivity index (χ2v) is 6.68. The molecule has 0 amide bonds. The highest BCUT2D eigenvalue weighted by molar-refractivity contribution is 7.19. The third kappa shape index (κ3) is 2.24. The molecule has 0 aromatic carbocycles. The second kappa shape index (κ2) is 5.81. The Bertz CT molecular complexity index is 809. The molecule has 3 aromatic heterocycles. The summed E-state index contributed by atoms with van der Waals surface area (Å²) in [4.78, 5) is 11.9. The Balaban J connectivity index is 1.79. The number of hydrogen-bond donors (Lipinski definition) is 1. The standard InChI is InChI=1S/C15H19N5OS/c1-21-8-4-7-16-15-19-14-12(13-17-9-18-20(13)15)10-5-2-3-6-11(10)22-14/h9H,2-8H2,1H3,(H,16,19). The number of nitrogens with one attached hydrogen (secondary N) is 1. The fourth-order valence-electron chi connectivity index (χ4n) is 3.10. The highest BCUT2D eigenvalue weighted by Crippen LogP contribution is 2.37. The molecule has 0 aliphatic heterocycles. The van der Waals surface area contributed by atoms with Crippen molar-refractivity contribution in [2.24, 2.45) is 0 Å². The summed E-state index contributed by atoms with van der Waals surface area (Å²) in [6.45, 7) is 1.55. The number of anilines is 1. The van der Waals surface area contributed by atoms with Gasteiger partial charge in [0, 0.05) is 25.1 Å². The van der Waals surface area contributed by atoms with E-state index < -0.39 is 0 Å². The molecule has 0 unspecified atom stereocenters. The van der Waals surface area contributed by atoms with E-state index in [-0.39, 0.29) is 0 Å². The van der Waals surface area contributed by atoms with E-state index in [0.717, 1.165) is 42.4 Å². The van der Waals surface area contributed by atoms with Crippen molar-refractivity contribution in [3.63, 3.8) is 0 Å². The third-order valence-electron chi connectivity index (χ3n) is 4.14. The largest absolute Gasteiger partial charge is 0.385 e. The van der Waals surface area contributed by atoms with Crippen LogP contribution in [-0.4, -0.2) is 39.8 Å². The highest BCUT2D eigenvalue weighted by Gasteiger charge is 2.21. The number of nitrogens with zero attached hydrogens (tertiary/aromatic N) is 4. The average Bonchev–Trinajstić information content (AvgIpc) is 3.14. The quantitative estimate of drug-likeness (QED) is 0.733. The van der Waals surface area contributed by atoms with Crippen molar-refractivity contribution in [3.8, 4) is 0 Å². The monoisotopic (exact) mass is 317 g/mol. The van der Waals surface area contributed by atoms with E-state index in [1.54, 1.807) is 13.4 Å². The number of fused-ring (bicyclic) bond motifs is 5. The highest BCUT2D eigenvalue weighted by atomic mass is 32.1. The zero-order valence-electron chi connectivity index (χ0n) is 12.6. The van der Waals surface area contributed by atoms with Crippen LogP contribution in [0.3, 0.4) is 0 Å². The molecule has 3 aromatic rings. The van der Waals surface area contributed by atoms with Crippen LogP contribution in [0.25, 0.3) is 15.9 Å². The van der Waals surface area contributed by atoms with Crippen LogP contribution in [-0.2, 0) is 17.6 Å². The van der Waals surface area contributed by atoms with Crippen LogP contribution < -0.4 is 5.32 Å². The molecule has 1 aliphatic rings. The number of ether oxygens (including phenoxy) is 1. The predicted molar refractivity (Wildman–Crippen MR) is 87.8 cm³/mol. The fraction of sp³-hybridized carbons (Fsp3) is 0.533. The fourth-order valence-corrected chi connectivity index (χ4v) is 4.36. The van der Waals surface area contributed by atoms with E-state index in [1.165, 1.54) is 35.1 Å². The molecule has 0 saturated carbocycles. The summed E-state index contributed by atoms with van der Waals surface area (Å²) in [7, 11) is 1.72. The van der Waals surface area contributed by atoms with E-state index >= 15 is 0 Å². The van der Waals surface area contributed by atoms with Crippen LogP contribution >= 0.6 is 11.3 Å². The Morgan fingerprint density at radius 1 is 1.36 bits per heavy atom. The summed E-state index contributed by atoms with van der Waals surface area (Å²) in [5.74, 6) is 0.773. The van der Waals surface area contributed by atoms with Crippen molar-refractivity contribution < 1.29 is 4.74 Å². The predicted octanol–water partition coefficient (Wildman–Crippen LogP) is 2.67. The second-order valence-electron chi connectivity index (χ2n) is 5.60. The van der Waals surface area contributed by atoms with Gasteiger partial charge in [0.2, 0.25) is 5.95 Å². The van der Waals surface area contributed by atoms with Gasteiger partial charge in [-0.25, -0.2) is 9.97 Å². The van der Waals surface area contributed by atoms with Crippen molar-refractivity contribution in [1.82, 2.24) is 19.6 Å². The molecule has 6 nitrogen and oxygen atoms in total. The van der Waals surface area contributed by atoms with Gasteiger partial charge < -0.3 is 10.1 Å². The number of hydrogen-bond acceptors (Lipinski definition) is 6. The molecule has 0 fully saturated rings.